The molecule has 4 aromatic carbocycles. The molecule has 0 spiro atoms. The first-order valence-electron chi connectivity index (χ1n) is 18.4. The number of pyridine rings is 2. The Morgan fingerprint density at radius 1 is 0.723 bits per heavy atom. The molecule has 3 nitrogen and oxygen atoms in total. The zero-order chi connectivity index (χ0) is 37.2. The first-order chi connectivity index (χ1) is 24.4. The van der Waals surface area contributed by atoms with Crippen LogP contribution in [-0.2, 0) is 20.1 Å². The second kappa shape index (κ2) is 12.6. The Kier molecular flexibility index (Phi) is 6.98. The fourth-order valence-electron chi connectivity index (χ4n) is 6.27. The predicted octanol–water partition coefficient (Wildman–Crippen LogP) is 8.96. The van der Waals surface area contributed by atoms with Gasteiger partial charge in [-0.3, -0.25) is 0 Å². The van der Waals surface area contributed by atoms with Crippen LogP contribution >= 0.6 is 0 Å². The van der Waals surface area contributed by atoms with E-state index >= 15 is 0 Å². The molecule has 0 aliphatic carbocycles. The molecule has 0 fully saturated rings. The van der Waals surface area contributed by atoms with Crippen molar-refractivity contribution in [2.75, 3.05) is 0 Å². The number of hydrogen-bond acceptors (Lipinski definition) is 3. The molecule has 6 heteroatoms. The third kappa shape index (κ3) is 6.00. The van der Waals surface area contributed by atoms with Gasteiger partial charge in [-0.25, -0.2) is 0 Å². The molecule has 0 bridgehead atoms. The van der Waals surface area contributed by atoms with Gasteiger partial charge in [-0.2, -0.15) is 0 Å². The van der Waals surface area contributed by atoms with E-state index in [4.69, 9.17) is 12.6 Å². The summed E-state index contributed by atoms with van der Waals surface area (Å²) in [6.45, 7) is 6.52. The number of fused-ring (bicyclic) bond motifs is 6. The van der Waals surface area contributed by atoms with Gasteiger partial charge in [-0.05, 0) is 63.4 Å². The van der Waals surface area contributed by atoms with Crippen LogP contribution in [0.4, 0.5) is 0 Å². The van der Waals surface area contributed by atoms with E-state index in [1.807, 2.05) is 36.5 Å². The summed E-state index contributed by atoms with van der Waals surface area (Å²) < 4.78 is 53.3. The number of aromatic nitrogens is 2. The minimum Gasteiger partial charge on any atom is -0.501 e. The summed E-state index contributed by atoms with van der Waals surface area (Å²) in [6.07, 6.45) is 3.15. The Morgan fingerprint density at radius 3 is 2.23 bits per heavy atom. The normalized spacial score (nSPS) is 15.4. The van der Waals surface area contributed by atoms with Crippen LogP contribution in [0.2, 0.25) is 32.7 Å². The number of furan rings is 1. The maximum absolute atomic E-state index is 7.90. The summed E-state index contributed by atoms with van der Waals surface area (Å²) in [6, 6.07) is 36.5. The number of aryl methyl sites for hydroxylation is 2. The largest absolute Gasteiger partial charge is 0.501 e. The van der Waals surface area contributed by atoms with Gasteiger partial charge in [0, 0.05) is 46.1 Å². The Hall–Kier alpha value is -3.94. The van der Waals surface area contributed by atoms with E-state index in [0.717, 1.165) is 33.8 Å². The van der Waals surface area contributed by atoms with Crippen molar-refractivity contribution in [3.63, 3.8) is 0 Å². The maximum Gasteiger partial charge on any atom is 0.121 e. The van der Waals surface area contributed by atoms with Crippen LogP contribution in [0, 0.1) is 25.8 Å². The van der Waals surface area contributed by atoms with Crippen molar-refractivity contribution in [3.8, 4) is 33.6 Å². The minimum atomic E-state index is -2.60. The second-order valence-electron chi connectivity index (χ2n) is 13.3. The van der Waals surface area contributed by atoms with Gasteiger partial charge in [0.2, 0.25) is 0 Å². The summed E-state index contributed by atoms with van der Waals surface area (Å²) in [5.41, 5.74) is 6.10. The summed E-state index contributed by atoms with van der Waals surface area (Å²) in [4.78, 5) is 8.85. The predicted molar refractivity (Wildman–Crippen MR) is 199 cm³/mol. The average Bonchev–Trinajstić information content (AvgIpc) is 3.58. The molecule has 0 N–H and O–H groups in total. The fraction of sp³-hybridized carbons (Fsp3) is 0.171. The van der Waals surface area contributed by atoms with Crippen molar-refractivity contribution in [2.45, 2.75) is 46.4 Å². The van der Waals surface area contributed by atoms with Crippen molar-refractivity contribution in [3.05, 3.63) is 127 Å². The summed E-state index contributed by atoms with van der Waals surface area (Å²) >= 11 is 0. The number of rotatable bonds is 3. The van der Waals surface area contributed by atoms with Gasteiger partial charge in [0.05, 0.1) is 13.7 Å². The standard InChI is InChI=1S/C27H22NOSi.C14H16NSi.Ir/c1-16-12-23(28-15-17(16)2)20-10-7-9-19-21-14-26-22(13-24(21)29-27(19)20)18-8-5-6-11-25(18)30(26,3)4;1-16(2,3)13-9-10-14(15-11-13)12-7-5-4-6-8-12;/h5-9,11-15H,1-4H3;4-7,9-11H,1-3H3;/q2*-1;/i1D3,2D3;;. The Balaban J connectivity index is 0.000000238. The zero-order valence-electron chi connectivity index (χ0n) is 33.0. The second-order valence-corrected chi connectivity index (χ2v) is 22.7. The molecule has 237 valence electrons. The molecule has 7 aromatic rings. The molecule has 0 amide bonds. The van der Waals surface area contributed by atoms with E-state index in [1.165, 1.54) is 32.8 Å². The van der Waals surface area contributed by atoms with E-state index in [-0.39, 0.29) is 31.2 Å². The molecule has 3 aromatic heterocycles. The van der Waals surface area contributed by atoms with Crippen molar-refractivity contribution in [1.29, 1.82) is 0 Å². The Bertz CT molecular complexity index is 2450. The summed E-state index contributed by atoms with van der Waals surface area (Å²) in [5, 5.41) is 6.05. The monoisotopic (exact) mass is 829 g/mol. The zero-order valence-corrected chi connectivity index (χ0v) is 31.3. The van der Waals surface area contributed by atoms with Crippen LogP contribution < -0.4 is 15.6 Å². The molecule has 1 radical (unpaired) electrons. The molecule has 1 aliphatic rings. The van der Waals surface area contributed by atoms with Crippen LogP contribution in [-0.4, -0.2) is 26.1 Å². The molecule has 8 rings (SSSR count). The Morgan fingerprint density at radius 2 is 1.51 bits per heavy atom. The molecule has 0 saturated carbocycles. The van der Waals surface area contributed by atoms with Gasteiger partial charge in [0.15, 0.2) is 0 Å². The first-order valence-corrected chi connectivity index (χ1v) is 21.9. The first kappa shape index (κ1) is 26.1. The molecule has 4 heterocycles. The van der Waals surface area contributed by atoms with Crippen LogP contribution in [0.25, 0.3) is 55.6 Å². The van der Waals surface area contributed by atoms with Gasteiger partial charge in [0.1, 0.15) is 13.7 Å². The fourth-order valence-corrected chi connectivity index (χ4v) is 10.4. The van der Waals surface area contributed by atoms with Crippen LogP contribution in [0.5, 0.6) is 0 Å². The average molecular weight is 829 g/mol. The molecule has 0 unspecified atom stereocenters. The van der Waals surface area contributed by atoms with E-state index in [2.05, 4.69) is 103 Å². The summed E-state index contributed by atoms with van der Waals surface area (Å²) in [7, 11) is -3.10. The SMILES string of the molecule is C[Si](C)(C)c1ccc(-c2[c-]cccc2)nc1.[2H]C([2H])([2H])c1cnc(-c2[c-]ccc3c2oc2cc4c(cc23)[Si](C)(C)c2ccccc2-4)cc1C([2H])([2H])[2H].[Ir]. The van der Waals surface area contributed by atoms with Crippen molar-refractivity contribution in [1.82, 2.24) is 9.97 Å². The van der Waals surface area contributed by atoms with Gasteiger partial charge < -0.3 is 14.4 Å². The quantitative estimate of drug-likeness (QED) is 0.132. The topological polar surface area (TPSA) is 38.9 Å². The maximum atomic E-state index is 7.90. The van der Waals surface area contributed by atoms with Crippen LogP contribution in [0.3, 0.4) is 0 Å². The van der Waals surface area contributed by atoms with Crippen molar-refractivity contribution < 1.29 is 32.7 Å². The van der Waals surface area contributed by atoms with Crippen LogP contribution in [0.1, 0.15) is 19.4 Å². The van der Waals surface area contributed by atoms with Gasteiger partial charge in [-0.1, -0.05) is 97.8 Å². The smallest absolute Gasteiger partial charge is 0.121 e. The number of hydrogen-bond donors (Lipinski definition) is 0. The molecular weight excluding hydrogens is 785 g/mol. The minimum absolute atomic E-state index is 0. The molecule has 0 saturated heterocycles. The van der Waals surface area contributed by atoms with Gasteiger partial charge >= 0.3 is 0 Å². The van der Waals surface area contributed by atoms with Crippen molar-refractivity contribution >= 4 is 53.6 Å². The number of nitrogens with zero attached hydrogens (tertiary/aromatic N) is 2. The molecule has 0 atom stereocenters. The summed E-state index contributed by atoms with van der Waals surface area (Å²) in [5.74, 6) is 0. The van der Waals surface area contributed by atoms with E-state index in [1.54, 1.807) is 6.07 Å². The van der Waals surface area contributed by atoms with Crippen LogP contribution in [0.15, 0.2) is 108 Å². The third-order valence-corrected chi connectivity index (χ3v) is 14.5. The van der Waals surface area contributed by atoms with E-state index < -0.39 is 29.9 Å². The van der Waals surface area contributed by atoms with E-state index in [0.29, 0.717) is 16.8 Å². The van der Waals surface area contributed by atoms with Gasteiger partial charge in [0.25, 0.3) is 0 Å². The molecule has 47 heavy (non-hydrogen) atoms. The van der Waals surface area contributed by atoms with Crippen molar-refractivity contribution in [2.24, 2.45) is 0 Å². The molecule has 1 aliphatic heterocycles. The number of benzene rings is 4. The molecular formula is C41H38IrN2OSi2-2. The van der Waals surface area contributed by atoms with Gasteiger partial charge in [-0.15, -0.1) is 54.1 Å². The van der Waals surface area contributed by atoms with E-state index in [9.17, 15) is 0 Å². The Labute approximate surface area is 301 Å². The third-order valence-electron chi connectivity index (χ3n) is 8.91.